The van der Waals surface area contributed by atoms with Gasteiger partial charge in [-0.2, -0.15) is 0 Å². The van der Waals surface area contributed by atoms with Crippen LogP contribution in [0.3, 0.4) is 0 Å². The Morgan fingerprint density at radius 3 is 2.21 bits per heavy atom. The first-order valence-electron chi connectivity index (χ1n) is 9.52. The van der Waals surface area contributed by atoms with Gasteiger partial charge in [0.1, 0.15) is 5.69 Å². The number of carbonyl (C=O) groups is 2. The zero-order valence-corrected chi connectivity index (χ0v) is 16.2. The van der Waals surface area contributed by atoms with Gasteiger partial charge < -0.3 is 15.0 Å². The zero-order valence-electron chi connectivity index (χ0n) is 16.2. The molecular formula is C21H23N3O5. The van der Waals surface area contributed by atoms with Crippen molar-refractivity contribution in [3.05, 3.63) is 63.7 Å². The van der Waals surface area contributed by atoms with Crippen LogP contribution in [-0.2, 0) is 4.74 Å². The second-order valence-electron chi connectivity index (χ2n) is 6.88. The predicted octanol–water partition coefficient (Wildman–Crippen LogP) is 4.01. The Hall–Kier alpha value is -3.42. The number of nitro groups is 1. The maximum absolute atomic E-state index is 12.6. The first-order chi connectivity index (χ1) is 14.0. The standard InChI is InChI=1S/C21H23N3O5/c1-29-21(26)15-6-9-17(10-7-15)22-20(25)16-8-11-18(19(14-16)24(27)28)23-12-4-2-3-5-13-23/h6-11,14H,2-5,12-13H2,1H3,(H,22,25). The third-order valence-corrected chi connectivity index (χ3v) is 4.94. The highest BCUT2D eigenvalue weighted by Gasteiger charge is 2.22. The summed E-state index contributed by atoms with van der Waals surface area (Å²) in [5, 5.41) is 14.3. The highest BCUT2D eigenvalue weighted by atomic mass is 16.6. The van der Waals surface area contributed by atoms with Gasteiger partial charge in [0.25, 0.3) is 11.6 Å². The van der Waals surface area contributed by atoms with Crippen LogP contribution in [0.4, 0.5) is 17.1 Å². The zero-order chi connectivity index (χ0) is 20.8. The molecule has 152 valence electrons. The molecule has 1 fully saturated rings. The number of esters is 1. The molecule has 0 bridgehead atoms. The molecule has 1 aliphatic rings. The Labute approximate surface area is 168 Å². The molecule has 0 aromatic heterocycles. The number of benzene rings is 2. The molecular weight excluding hydrogens is 374 g/mol. The molecule has 0 atom stereocenters. The topological polar surface area (TPSA) is 102 Å². The third-order valence-electron chi connectivity index (χ3n) is 4.94. The fourth-order valence-corrected chi connectivity index (χ4v) is 3.40. The minimum atomic E-state index is -0.470. The van der Waals surface area contributed by atoms with E-state index in [1.165, 1.54) is 25.3 Å². The van der Waals surface area contributed by atoms with E-state index >= 15 is 0 Å². The molecule has 0 unspecified atom stereocenters. The number of hydrogen-bond acceptors (Lipinski definition) is 6. The Bertz CT molecular complexity index is 903. The smallest absolute Gasteiger partial charge is 0.337 e. The average Bonchev–Trinajstić information content (AvgIpc) is 3.02. The minimum absolute atomic E-state index is 0.0689. The summed E-state index contributed by atoms with van der Waals surface area (Å²) in [7, 11) is 1.29. The Kier molecular flexibility index (Phi) is 6.43. The van der Waals surface area contributed by atoms with E-state index in [9.17, 15) is 19.7 Å². The van der Waals surface area contributed by atoms with Crippen molar-refractivity contribution >= 4 is 28.9 Å². The molecule has 8 heteroatoms. The van der Waals surface area contributed by atoms with Gasteiger partial charge in [0.05, 0.1) is 17.6 Å². The lowest BCUT2D eigenvalue weighted by Gasteiger charge is -2.22. The molecule has 2 aromatic rings. The first kappa shape index (κ1) is 20.3. The van der Waals surface area contributed by atoms with Crippen molar-refractivity contribution in [2.24, 2.45) is 0 Å². The van der Waals surface area contributed by atoms with Crippen LogP contribution in [0.15, 0.2) is 42.5 Å². The number of methoxy groups -OCH3 is 1. The number of nitrogens with zero attached hydrogens (tertiary/aromatic N) is 2. The summed E-state index contributed by atoms with van der Waals surface area (Å²) in [4.78, 5) is 37.2. The fourth-order valence-electron chi connectivity index (χ4n) is 3.40. The van der Waals surface area contributed by atoms with E-state index in [1.807, 2.05) is 4.90 Å². The minimum Gasteiger partial charge on any atom is -0.465 e. The fraction of sp³-hybridized carbons (Fsp3) is 0.333. The van der Waals surface area contributed by atoms with Gasteiger partial charge in [-0.15, -0.1) is 0 Å². The normalized spacial score (nSPS) is 14.0. The largest absolute Gasteiger partial charge is 0.465 e. The summed E-state index contributed by atoms with van der Waals surface area (Å²) in [6, 6.07) is 10.8. The Balaban J connectivity index is 1.79. The number of rotatable bonds is 5. The van der Waals surface area contributed by atoms with Crippen LogP contribution in [0.2, 0.25) is 0 Å². The third kappa shape index (κ3) is 4.90. The molecule has 1 saturated heterocycles. The van der Waals surface area contributed by atoms with Crippen LogP contribution < -0.4 is 10.2 Å². The lowest BCUT2D eigenvalue weighted by atomic mass is 10.1. The maximum Gasteiger partial charge on any atom is 0.337 e. The highest BCUT2D eigenvalue weighted by Crippen LogP contribution is 2.31. The van der Waals surface area contributed by atoms with Gasteiger partial charge in [-0.05, 0) is 49.2 Å². The number of amides is 1. The summed E-state index contributed by atoms with van der Waals surface area (Å²) in [6.07, 6.45) is 4.25. The summed E-state index contributed by atoms with van der Waals surface area (Å²) in [6.45, 7) is 1.55. The summed E-state index contributed by atoms with van der Waals surface area (Å²) in [5.41, 5.74) is 1.52. The van der Waals surface area contributed by atoms with Crippen LogP contribution in [0.25, 0.3) is 0 Å². The molecule has 0 spiro atoms. The van der Waals surface area contributed by atoms with E-state index in [2.05, 4.69) is 10.1 Å². The van der Waals surface area contributed by atoms with Gasteiger partial charge >= 0.3 is 5.97 Å². The van der Waals surface area contributed by atoms with Crippen molar-refractivity contribution in [2.75, 3.05) is 30.4 Å². The number of hydrogen-bond donors (Lipinski definition) is 1. The van der Waals surface area contributed by atoms with E-state index in [0.717, 1.165) is 38.8 Å². The second kappa shape index (κ2) is 9.18. The SMILES string of the molecule is COC(=O)c1ccc(NC(=O)c2ccc(N3CCCCCC3)c([N+](=O)[O-])c2)cc1. The number of nitrogens with one attached hydrogen (secondary N) is 1. The Morgan fingerprint density at radius 1 is 1.00 bits per heavy atom. The van der Waals surface area contributed by atoms with Gasteiger partial charge in [-0.3, -0.25) is 14.9 Å². The van der Waals surface area contributed by atoms with Crippen molar-refractivity contribution in [1.82, 2.24) is 0 Å². The molecule has 1 aliphatic heterocycles. The van der Waals surface area contributed by atoms with Crippen LogP contribution in [0, 0.1) is 10.1 Å². The molecule has 2 aromatic carbocycles. The van der Waals surface area contributed by atoms with Crippen molar-refractivity contribution in [2.45, 2.75) is 25.7 Å². The van der Waals surface area contributed by atoms with Crippen molar-refractivity contribution in [3.8, 4) is 0 Å². The number of nitro benzene ring substituents is 1. The van der Waals surface area contributed by atoms with Crippen LogP contribution in [0.5, 0.6) is 0 Å². The van der Waals surface area contributed by atoms with Gasteiger partial charge in [-0.1, -0.05) is 12.8 Å². The quantitative estimate of drug-likeness (QED) is 0.465. The lowest BCUT2D eigenvalue weighted by Crippen LogP contribution is -2.25. The molecule has 0 radical (unpaired) electrons. The monoisotopic (exact) mass is 397 g/mol. The van der Waals surface area contributed by atoms with E-state index < -0.39 is 16.8 Å². The molecule has 0 aliphatic carbocycles. The predicted molar refractivity (Wildman–Crippen MR) is 110 cm³/mol. The van der Waals surface area contributed by atoms with Crippen LogP contribution >= 0.6 is 0 Å². The summed E-state index contributed by atoms with van der Waals surface area (Å²) < 4.78 is 4.64. The number of anilines is 2. The van der Waals surface area contributed by atoms with Crippen LogP contribution in [0.1, 0.15) is 46.4 Å². The van der Waals surface area contributed by atoms with Crippen molar-refractivity contribution in [3.63, 3.8) is 0 Å². The first-order valence-corrected chi connectivity index (χ1v) is 9.52. The molecule has 29 heavy (non-hydrogen) atoms. The molecule has 3 rings (SSSR count). The molecule has 1 amide bonds. The van der Waals surface area contributed by atoms with Gasteiger partial charge in [0.15, 0.2) is 0 Å². The summed E-state index contributed by atoms with van der Waals surface area (Å²) in [5.74, 6) is -0.927. The lowest BCUT2D eigenvalue weighted by molar-refractivity contribution is -0.384. The molecule has 1 heterocycles. The van der Waals surface area contributed by atoms with E-state index in [4.69, 9.17) is 0 Å². The molecule has 1 N–H and O–H groups in total. The van der Waals surface area contributed by atoms with E-state index in [1.54, 1.807) is 24.3 Å². The van der Waals surface area contributed by atoms with Gasteiger partial charge in [-0.25, -0.2) is 4.79 Å². The van der Waals surface area contributed by atoms with Gasteiger partial charge in [0, 0.05) is 30.4 Å². The van der Waals surface area contributed by atoms with Crippen molar-refractivity contribution < 1.29 is 19.2 Å². The number of ether oxygens (including phenoxy) is 1. The van der Waals surface area contributed by atoms with E-state index in [-0.39, 0.29) is 11.3 Å². The van der Waals surface area contributed by atoms with Crippen LogP contribution in [-0.4, -0.2) is 37.0 Å². The summed E-state index contributed by atoms with van der Waals surface area (Å²) >= 11 is 0. The van der Waals surface area contributed by atoms with Crippen molar-refractivity contribution in [1.29, 1.82) is 0 Å². The Morgan fingerprint density at radius 2 is 1.62 bits per heavy atom. The number of carbonyl (C=O) groups excluding carboxylic acids is 2. The second-order valence-corrected chi connectivity index (χ2v) is 6.88. The van der Waals surface area contributed by atoms with E-state index in [0.29, 0.717) is 16.9 Å². The molecule has 8 nitrogen and oxygen atoms in total. The average molecular weight is 397 g/mol. The van der Waals surface area contributed by atoms with Gasteiger partial charge in [0.2, 0.25) is 0 Å². The molecule has 0 saturated carbocycles. The maximum atomic E-state index is 12.6. The highest BCUT2D eigenvalue weighted by molar-refractivity contribution is 6.05.